The Balaban J connectivity index is 1.32. The van der Waals surface area contributed by atoms with Crippen LogP contribution in [0.15, 0.2) is 70.5 Å². The molecule has 0 aliphatic rings. The maximum atomic E-state index is 12.0. The van der Waals surface area contributed by atoms with Crippen molar-refractivity contribution in [1.29, 1.82) is 0 Å². The summed E-state index contributed by atoms with van der Waals surface area (Å²) in [6.07, 6.45) is 17.3. The predicted octanol–water partition coefficient (Wildman–Crippen LogP) is 7.87. The molecule has 0 atom stereocenters. The Labute approximate surface area is 252 Å². The van der Waals surface area contributed by atoms with Gasteiger partial charge in [-0.2, -0.15) is 16.8 Å². The molecular formula is C32H46O8S2. The zero-order valence-electron chi connectivity index (χ0n) is 24.6. The molecule has 2 aromatic carbocycles. The lowest BCUT2D eigenvalue weighted by atomic mass is 10.0. The Kier molecular flexibility index (Phi) is 17.1. The normalized spacial score (nSPS) is 11.7. The van der Waals surface area contributed by atoms with Crippen LogP contribution < -0.4 is 0 Å². The molecule has 0 radical (unpaired) electrons. The van der Waals surface area contributed by atoms with Gasteiger partial charge in [0.2, 0.25) is 0 Å². The van der Waals surface area contributed by atoms with Crippen LogP contribution in [0.3, 0.4) is 0 Å². The third kappa shape index (κ3) is 15.5. The van der Waals surface area contributed by atoms with Gasteiger partial charge in [0.15, 0.2) is 0 Å². The Hall–Kier alpha value is -2.72. The Bertz CT molecular complexity index is 1140. The summed E-state index contributed by atoms with van der Waals surface area (Å²) in [7, 11) is -8.05. The van der Waals surface area contributed by atoms with Gasteiger partial charge in [0.1, 0.15) is 9.79 Å². The summed E-state index contributed by atoms with van der Waals surface area (Å²) in [6, 6.07) is 15.4. The first-order valence-corrected chi connectivity index (χ1v) is 18.1. The van der Waals surface area contributed by atoms with Gasteiger partial charge in [-0.1, -0.05) is 126 Å². The van der Waals surface area contributed by atoms with Gasteiger partial charge in [-0.3, -0.25) is 9.59 Å². The molecule has 0 unspecified atom stereocenters. The van der Waals surface area contributed by atoms with Crippen LogP contribution in [0.25, 0.3) is 0 Å². The highest BCUT2D eigenvalue weighted by Crippen LogP contribution is 2.17. The van der Waals surface area contributed by atoms with Gasteiger partial charge >= 0.3 is 32.2 Å². The maximum Gasteiger partial charge on any atom is 0.341 e. The first-order chi connectivity index (χ1) is 20.2. The molecular weight excluding hydrogens is 576 g/mol. The molecule has 10 heteroatoms. The average Bonchev–Trinajstić information content (AvgIpc) is 2.97. The SMILES string of the molecule is O=C(CCCCCCCCCCCCCCCCCCC(=O)OS(=O)(=O)c1ccccc1)OS(=O)(=O)c1ccccc1. The summed E-state index contributed by atoms with van der Waals surface area (Å²) < 4.78 is 57.5. The van der Waals surface area contributed by atoms with E-state index in [9.17, 15) is 26.4 Å². The average molecular weight is 623 g/mol. The molecule has 0 saturated carbocycles. The highest BCUT2D eigenvalue weighted by Gasteiger charge is 2.20. The fourth-order valence-electron chi connectivity index (χ4n) is 4.61. The molecule has 0 aliphatic carbocycles. The molecule has 0 aromatic heterocycles. The van der Waals surface area contributed by atoms with Crippen molar-refractivity contribution in [3.05, 3.63) is 60.7 Å². The van der Waals surface area contributed by atoms with Gasteiger partial charge in [-0.15, -0.1) is 0 Å². The zero-order chi connectivity index (χ0) is 30.5. The molecule has 234 valence electrons. The van der Waals surface area contributed by atoms with Crippen molar-refractivity contribution in [1.82, 2.24) is 0 Å². The Morgan fingerprint density at radius 2 is 0.643 bits per heavy atom. The lowest BCUT2D eigenvalue weighted by Gasteiger charge is -2.06. The van der Waals surface area contributed by atoms with Crippen LogP contribution in [-0.2, 0) is 38.2 Å². The van der Waals surface area contributed by atoms with E-state index in [1.807, 2.05) is 0 Å². The van der Waals surface area contributed by atoms with Gasteiger partial charge < -0.3 is 8.37 Å². The molecule has 0 aliphatic heterocycles. The number of rotatable bonds is 23. The first kappa shape index (κ1) is 35.5. The van der Waals surface area contributed by atoms with Crippen molar-refractivity contribution in [2.24, 2.45) is 0 Å². The van der Waals surface area contributed by atoms with E-state index >= 15 is 0 Å². The molecule has 0 heterocycles. The van der Waals surface area contributed by atoms with Crippen LogP contribution >= 0.6 is 0 Å². The van der Waals surface area contributed by atoms with Gasteiger partial charge in [-0.05, 0) is 37.1 Å². The van der Waals surface area contributed by atoms with Gasteiger partial charge in [-0.25, -0.2) is 0 Å². The van der Waals surface area contributed by atoms with Crippen molar-refractivity contribution in [2.45, 2.75) is 125 Å². The molecule has 2 aromatic rings. The highest BCUT2D eigenvalue weighted by atomic mass is 32.2. The van der Waals surface area contributed by atoms with E-state index in [4.69, 9.17) is 0 Å². The summed E-state index contributed by atoms with van der Waals surface area (Å²) in [5.74, 6) is -1.40. The topological polar surface area (TPSA) is 121 Å². The van der Waals surface area contributed by atoms with Crippen LogP contribution in [0.2, 0.25) is 0 Å². The van der Waals surface area contributed by atoms with Crippen molar-refractivity contribution in [3.8, 4) is 0 Å². The molecule has 0 amide bonds. The molecule has 0 bridgehead atoms. The summed E-state index contributed by atoms with van der Waals surface area (Å²) in [5.41, 5.74) is 0. The molecule has 8 nitrogen and oxygen atoms in total. The van der Waals surface area contributed by atoms with E-state index in [-0.39, 0.29) is 22.6 Å². The van der Waals surface area contributed by atoms with E-state index in [0.29, 0.717) is 12.8 Å². The van der Waals surface area contributed by atoms with Crippen molar-refractivity contribution in [3.63, 3.8) is 0 Å². The highest BCUT2D eigenvalue weighted by molar-refractivity contribution is 7.87. The minimum atomic E-state index is -4.03. The van der Waals surface area contributed by atoms with Crippen LogP contribution in [0.4, 0.5) is 0 Å². The molecule has 0 N–H and O–H groups in total. The monoisotopic (exact) mass is 622 g/mol. The van der Waals surface area contributed by atoms with Crippen molar-refractivity contribution >= 4 is 32.2 Å². The number of benzene rings is 2. The molecule has 0 fully saturated rings. The molecule has 2 rings (SSSR count). The van der Waals surface area contributed by atoms with E-state index < -0.39 is 32.2 Å². The lowest BCUT2D eigenvalue weighted by molar-refractivity contribution is -0.135. The summed E-state index contributed by atoms with van der Waals surface area (Å²) in [4.78, 5) is 23.7. The maximum absolute atomic E-state index is 12.0. The van der Waals surface area contributed by atoms with E-state index in [1.165, 1.54) is 75.6 Å². The fraction of sp³-hybridized carbons (Fsp3) is 0.562. The summed E-state index contributed by atoms with van der Waals surface area (Å²) >= 11 is 0. The summed E-state index contributed by atoms with van der Waals surface area (Å²) in [6.45, 7) is 0. The van der Waals surface area contributed by atoms with E-state index in [0.717, 1.165) is 38.5 Å². The quantitative estimate of drug-likeness (QED) is 0.0907. The second kappa shape index (κ2) is 20.2. The van der Waals surface area contributed by atoms with Crippen molar-refractivity contribution < 1.29 is 34.8 Å². The standard InChI is InChI=1S/C32H46O8S2/c33-31(39-41(35,36)29-23-17-15-18-24-29)27-21-13-11-9-7-5-3-1-2-4-6-8-10-12-14-22-28-32(34)40-42(37,38)30-25-19-16-20-26-30/h15-20,23-26H,1-14,21-22,27-28H2. The minimum absolute atomic E-state index is 0.00933. The van der Waals surface area contributed by atoms with Crippen LogP contribution in [0.5, 0.6) is 0 Å². The fourth-order valence-corrected chi connectivity index (χ4v) is 6.44. The van der Waals surface area contributed by atoms with Crippen molar-refractivity contribution in [2.75, 3.05) is 0 Å². The number of carbonyl (C=O) groups is 2. The molecule has 0 saturated heterocycles. The smallest absolute Gasteiger partial charge is 0.341 e. The summed E-state index contributed by atoms with van der Waals surface area (Å²) in [5, 5.41) is 0. The Morgan fingerprint density at radius 1 is 0.405 bits per heavy atom. The van der Waals surface area contributed by atoms with E-state index in [1.54, 1.807) is 36.4 Å². The van der Waals surface area contributed by atoms with Crippen LogP contribution in [-0.4, -0.2) is 28.8 Å². The number of hydrogen-bond acceptors (Lipinski definition) is 8. The minimum Gasteiger partial charge on any atom is -0.342 e. The van der Waals surface area contributed by atoms with Crippen LogP contribution in [0, 0.1) is 0 Å². The molecule has 42 heavy (non-hydrogen) atoms. The number of hydrogen-bond donors (Lipinski definition) is 0. The third-order valence-corrected chi connectivity index (χ3v) is 9.49. The van der Waals surface area contributed by atoms with Crippen LogP contribution in [0.1, 0.15) is 116 Å². The number of carbonyl (C=O) groups excluding carboxylic acids is 2. The largest absolute Gasteiger partial charge is 0.342 e. The first-order valence-electron chi connectivity index (χ1n) is 15.3. The number of unbranched alkanes of at least 4 members (excludes halogenated alkanes) is 15. The molecule has 0 spiro atoms. The second-order valence-corrected chi connectivity index (χ2v) is 13.7. The van der Waals surface area contributed by atoms with Gasteiger partial charge in [0.05, 0.1) is 0 Å². The second-order valence-electron chi connectivity index (χ2n) is 10.6. The predicted molar refractivity (Wildman–Crippen MR) is 163 cm³/mol. The van der Waals surface area contributed by atoms with E-state index in [2.05, 4.69) is 8.37 Å². The zero-order valence-corrected chi connectivity index (χ0v) is 26.2. The lowest BCUT2D eigenvalue weighted by Crippen LogP contribution is -2.13. The third-order valence-electron chi connectivity index (χ3n) is 6.98. The van der Waals surface area contributed by atoms with Gasteiger partial charge in [0.25, 0.3) is 0 Å². The Morgan fingerprint density at radius 3 is 0.905 bits per heavy atom. The van der Waals surface area contributed by atoms with Gasteiger partial charge in [0, 0.05) is 12.8 Å².